The standard InChI is InChI=1S/C31H52O7S/c1-3-5-7-9-11-12-14-16-21-26(20-15-13-10-8-6-4-2)29(24-19-25-39(35,36)37)38-31(34)28-23-18-17-22-27(28)30(32)33/h17-18,22-23,26,29H,3-16,19-21,24-25H2,1-2H3,(H,32,33)(H,35,36,37). The zero-order valence-electron chi connectivity index (χ0n) is 24.2. The second-order valence-corrected chi connectivity index (χ2v) is 12.4. The minimum atomic E-state index is -4.13. The molecule has 1 rings (SSSR count). The van der Waals surface area contributed by atoms with E-state index in [4.69, 9.17) is 4.74 Å². The van der Waals surface area contributed by atoms with Crippen molar-refractivity contribution in [1.82, 2.24) is 0 Å². The fourth-order valence-corrected chi connectivity index (χ4v) is 5.68. The van der Waals surface area contributed by atoms with Gasteiger partial charge in [0.2, 0.25) is 0 Å². The highest BCUT2D eigenvalue weighted by Crippen LogP contribution is 2.28. The van der Waals surface area contributed by atoms with Crippen LogP contribution in [0.4, 0.5) is 0 Å². The van der Waals surface area contributed by atoms with E-state index in [-0.39, 0.29) is 23.5 Å². The van der Waals surface area contributed by atoms with E-state index >= 15 is 0 Å². The van der Waals surface area contributed by atoms with Gasteiger partial charge < -0.3 is 9.84 Å². The Balaban J connectivity index is 2.94. The zero-order valence-corrected chi connectivity index (χ0v) is 25.1. The molecule has 0 bridgehead atoms. The third kappa shape index (κ3) is 16.7. The van der Waals surface area contributed by atoms with Crippen LogP contribution in [0.3, 0.4) is 0 Å². The third-order valence-electron chi connectivity index (χ3n) is 7.41. The van der Waals surface area contributed by atoms with E-state index in [0.717, 1.165) is 44.9 Å². The number of hydrogen-bond donors (Lipinski definition) is 2. The van der Waals surface area contributed by atoms with Crippen molar-refractivity contribution in [3.05, 3.63) is 35.4 Å². The Morgan fingerprint density at radius 3 is 1.64 bits per heavy atom. The van der Waals surface area contributed by atoms with Crippen LogP contribution in [-0.2, 0) is 14.9 Å². The molecule has 1 aromatic rings. The molecule has 0 aliphatic carbocycles. The Labute approximate surface area is 236 Å². The number of hydrogen-bond acceptors (Lipinski definition) is 5. The molecule has 2 atom stereocenters. The summed E-state index contributed by atoms with van der Waals surface area (Å²) in [6.07, 6.45) is 18.1. The topological polar surface area (TPSA) is 118 Å². The second kappa shape index (κ2) is 20.9. The van der Waals surface area contributed by atoms with Gasteiger partial charge in [0.15, 0.2) is 0 Å². The van der Waals surface area contributed by atoms with Gasteiger partial charge in [-0.3, -0.25) is 4.55 Å². The number of carboxylic acid groups (broad SMARTS) is 1. The summed E-state index contributed by atoms with van der Waals surface area (Å²) in [4.78, 5) is 24.8. The maximum Gasteiger partial charge on any atom is 0.339 e. The van der Waals surface area contributed by atoms with Gasteiger partial charge in [-0.1, -0.05) is 116 Å². The number of benzene rings is 1. The maximum atomic E-state index is 13.1. The first-order chi connectivity index (χ1) is 18.7. The van der Waals surface area contributed by atoms with Gasteiger partial charge in [0.05, 0.1) is 16.9 Å². The van der Waals surface area contributed by atoms with Crippen LogP contribution >= 0.6 is 0 Å². The molecule has 0 saturated carbocycles. The van der Waals surface area contributed by atoms with Gasteiger partial charge in [-0.05, 0) is 43.7 Å². The number of unbranched alkanes of at least 4 members (excludes halogenated alkanes) is 12. The predicted molar refractivity (Wildman–Crippen MR) is 157 cm³/mol. The van der Waals surface area contributed by atoms with Crippen LogP contribution in [0, 0.1) is 5.92 Å². The van der Waals surface area contributed by atoms with Crippen LogP contribution in [0.5, 0.6) is 0 Å². The van der Waals surface area contributed by atoms with Crippen LogP contribution < -0.4 is 0 Å². The van der Waals surface area contributed by atoms with Crippen molar-refractivity contribution in [2.75, 3.05) is 5.75 Å². The first-order valence-corrected chi connectivity index (χ1v) is 16.8. The minimum Gasteiger partial charge on any atom is -0.478 e. The van der Waals surface area contributed by atoms with Gasteiger partial charge in [-0.2, -0.15) is 8.42 Å². The number of rotatable bonds is 24. The molecule has 0 saturated heterocycles. The number of carboxylic acids is 1. The normalized spacial score (nSPS) is 13.2. The first kappa shape index (κ1) is 35.1. The third-order valence-corrected chi connectivity index (χ3v) is 8.21. The molecule has 0 aliphatic heterocycles. The number of aromatic carboxylic acids is 1. The Morgan fingerprint density at radius 2 is 1.18 bits per heavy atom. The van der Waals surface area contributed by atoms with Crippen LogP contribution in [0.2, 0.25) is 0 Å². The highest BCUT2D eigenvalue weighted by molar-refractivity contribution is 7.85. The Hall–Kier alpha value is -1.93. The number of esters is 1. The van der Waals surface area contributed by atoms with Crippen molar-refractivity contribution in [2.24, 2.45) is 5.92 Å². The maximum absolute atomic E-state index is 13.1. The molecule has 224 valence electrons. The van der Waals surface area contributed by atoms with Gasteiger partial charge in [-0.15, -0.1) is 0 Å². The summed E-state index contributed by atoms with van der Waals surface area (Å²) in [7, 11) is -4.13. The van der Waals surface area contributed by atoms with Crippen molar-refractivity contribution in [3.63, 3.8) is 0 Å². The molecule has 2 unspecified atom stereocenters. The van der Waals surface area contributed by atoms with Crippen LogP contribution in [-0.4, -0.2) is 41.9 Å². The summed E-state index contributed by atoms with van der Waals surface area (Å²) < 4.78 is 37.9. The lowest BCUT2D eigenvalue weighted by Crippen LogP contribution is -2.29. The zero-order chi connectivity index (χ0) is 28.9. The summed E-state index contributed by atoms with van der Waals surface area (Å²) in [5.41, 5.74) is -0.120. The average molecular weight is 569 g/mol. The van der Waals surface area contributed by atoms with Gasteiger partial charge >= 0.3 is 11.9 Å². The smallest absolute Gasteiger partial charge is 0.339 e. The van der Waals surface area contributed by atoms with Crippen LogP contribution in [0.15, 0.2) is 24.3 Å². The second-order valence-electron chi connectivity index (χ2n) is 10.8. The van der Waals surface area contributed by atoms with Crippen molar-refractivity contribution in [1.29, 1.82) is 0 Å². The number of carbonyl (C=O) groups is 2. The molecular weight excluding hydrogens is 516 g/mol. The van der Waals surface area contributed by atoms with Gasteiger partial charge in [-0.25, -0.2) is 9.59 Å². The quantitative estimate of drug-likeness (QED) is 0.0729. The molecule has 0 heterocycles. The number of ether oxygens (including phenoxy) is 1. The molecule has 39 heavy (non-hydrogen) atoms. The molecule has 1 aromatic carbocycles. The van der Waals surface area contributed by atoms with E-state index in [9.17, 15) is 27.7 Å². The summed E-state index contributed by atoms with van der Waals surface area (Å²) >= 11 is 0. The molecule has 0 radical (unpaired) electrons. The van der Waals surface area contributed by atoms with Crippen LogP contribution in [0.25, 0.3) is 0 Å². The van der Waals surface area contributed by atoms with E-state index in [0.29, 0.717) is 6.42 Å². The van der Waals surface area contributed by atoms with Gasteiger partial charge in [0.25, 0.3) is 10.1 Å². The summed E-state index contributed by atoms with van der Waals surface area (Å²) in [6, 6.07) is 5.99. The van der Waals surface area contributed by atoms with Crippen LogP contribution in [0.1, 0.15) is 150 Å². The molecule has 0 aromatic heterocycles. The van der Waals surface area contributed by atoms with E-state index in [1.54, 1.807) is 12.1 Å². The van der Waals surface area contributed by atoms with E-state index in [1.807, 2.05) is 0 Å². The molecule has 0 spiro atoms. The van der Waals surface area contributed by atoms with Crippen molar-refractivity contribution < 1.29 is 32.4 Å². The lowest BCUT2D eigenvalue weighted by molar-refractivity contribution is 0.00682. The molecule has 2 N–H and O–H groups in total. The lowest BCUT2D eigenvalue weighted by Gasteiger charge is -2.28. The molecule has 0 aliphatic rings. The van der Waals surface area contributed by atoms with Gasteiger partial charge in [0, 0.05) is 0 Å². The largest absolute Gasteiger partial charge is 0.478 e. The van der Waals surface area contributed by atoms with E-state index < -0.39 is 33.9 Å². The van der Waals surface area contributed by atoms with Crippen molar-refractivity contribution >= 4 is 22.1 Å². The first-order valence-electron chi connectivity index (χ1n) is 15.2. The highest BCUT2D eigenvalue weighted by Gasteiger charge is 2.27. The Bertz CT molecular complexity index is 913. The Kier molecular flexibility index (Phi) is 18.8. The van der Waals surface area contributed by atoms with E-state index in [2.05, 4.69) is 13.8 Å². The highest BCUT2D eigenvalue weighted by atomic mass is 32.2. The molecule has 8 heteroatoms. The summed E-state index contributed by atoms with van der Waals surface area (Å²) in [5, 5.41) is 9.53. The molecule has 0 amide bonds. The lowest BCUT2D eigenvalue weighted by atomic mass is 9.87. The summed E-state index contributed by atoms with van der Waals surface area (Å²) in [6.45, 7) is 4.40. The monoisotopic (exact) mass is 568 g/mol. The predicted octanol–water partition coefficient (Wildman–Crippen LogP) is 8.48. The van der Waals surface area contributed by atoms with E-state index in [1.165, 1.54) is 69.9 Å². The minimum absolute atomic E-state index is 0.00447. The molecule has 0 fully saturated rings. The molecule has 7 nitrogen and oxygen atoms in total. The van der Waals surface area contributed by atoms with Crippen molar-refractivity contribution in [2.45, 2.75) is 136 Å². The summed E-state index contributed by atoms with van der Waals surface area (Å²) in [5.74, 6) is -2.24. The molecular formula is C31H52O7S. The fraction of sp³-hybridized carbons (Fsp3) is 0.742. The SMILES string of the molecule is CCCCCCCCCCC(CCCCCCCC)C(CCCS(=O)(=O)O)OC(=O)c1ccccc1C(=O)O. The number of carbonyl (C=O) groups excluding carboxylic acids is 1. The Morgan fingerprint density at radius 1 is 0.718 bits per heavy atom. The average Bonchev–Trinajstić information content (AvgIpc) is 2.89. The van der Waals surface area contributed by atoms with Gasteiger partial charge in [0.1, 0.15) is 6.10 Å². The van der Waals surface area contributed by atoms with Crippen molar-refractivity contribution in [3.8, 4) is 0 Å². The fourth-order valence-electron chi connectivity index (χ4n) is 5.15.